The van der Waals surface area contributed by atoms with E-state index in [9.17, 15) is 14.7 Å². The minimum Gasteiger partial charge on any atom is -0.391 e. The Morgan fingerprint density at radius 2 is 1.78 bits per heavy atom. The molecule has 0 aliphatic rings. The number of Topliss-reactive ketones (excluding diaryl/α,β-unsaturated/α-hetero) is 1. The summed E-state index contributed by atoms with van der Waals surface area (Å²) in [6.07, 6.45) is -0.585. The number of hydrogen-bond acceptors (Lipinski definition) is 3. The Labute approximate surface area is 107 Å². The fourth-order valence-electron chi connectivity index (χ4n) is 1.52. The number of rotatable bonds is 5. The minimum absolute atomic E-state index is 0.0772. The topological polar surface area (TPSA) is 66.4 Å². The number of carbonyl (C=O) groups excluding carboxylic acids is 2. The molecule has 18 heavy (non-hydrogen) atoms. The molecule has 1 rings (SSSR count). The van der Waals surface area contributed by atoms with Crippen LogP contribution < -0.4 is 5.32 Å². The van der Waals surface area contributed by atoms with Crippen LogP contribution in [0.3, 0.4) is 0 Å². The summed E-state index contributed by atoms with van der Waals surface area (Å²) < 4.78 is 0. The van der Waals surface area contributed by atoms with Crippen molar-refractivity contribution in [1.29, 1.82) is 0 Å². The molecule has 0 aliphatic carbocycles. The number of aliphatic hydroxyl groups excluding tert-OH is 1. The number of hydrogen-bond donors (Lipinski definition) is 2. The first-order valence-electron chi connectivity index (χ1n) is 5.99. The van der Waals surface area contributed by atoms with Gasteiger partial charge in [0.25, 0.3) is 5.91 Å². The zero-order chi connectivity index (χ0) is 13.7. The van der Waals surface area contributed by atoms with Gasteiger partial charge >= 0.3 is 0 Å². The highest BCUT2D eigenvalue weighted by Crippen LogP contribution is 2.09. The molecule has 2 N–H and O–H groups in total. The Bertz CT molecular complexity index is 440. The molecule has 0 bridgehead atoms. The molecule has 0 aromatic heterocycles. The summed E-state index contributed by atoms with van der Waals surface area (Å²) in [5, 5.41) is 12.3. The molecule has 1 unspecified atom stereocenters. The minimum atomic E-state index is -0.585. The summed E-state index contributed by atoms with van der Waals surface area (Å²) in [5.74, 6) is -0.404. The van der Waals surface area contributed by atoms with E-state index in [1.54, 1.807) is 24.3 Å². The highest BCUT2D eigenvalue weighted by molar-refractivity contribution is 6.07. The molecule has 0 aliphatic heterocycles. The van der Waals surface area contributed by atoms with Crippen LogP contribution in [-0.2, 0) is 0 Å². The van der Waals surface area contributed by atoms with E-state index in [0.717, 1.165) is 0 Å². The second-order valence-electron chi connectivity index (χ2n) is 4.62. The second kappa shape index (κ2) is 6.31. The lowest BCUT2D eigenvalue weighted by molar-refractivity contribution is 0.0865. The Hall–Kier alpha value is -1.68. The third-order valence-electron chi connectivity index (χ3n) is 2.79. The number of aliphatic hydroxyl groups is 1. The van der Waals surface area contributed by atoms with Crippen LogP contribution in [-0.4, -0.2) is 29.4 Å². The maximum absolute atomic E-state index is 11.9. The van der Waals surface area contributed by atoms with Crippen LogP contribution in [0.2, 0.25) is 0 Å². The molecule has 0 saturated heterocycles. The SMILES string of the molecule is CC(=O)c1ccccc1C(=O)NCC(O)C(C)C. The van der Waals surface area contributed by atoms with Gasteiger partial charge in [-0.3, -0.25) is 9.59 Å². The molecule has 0 spiro atoms. The Kier molecular flexibility index (Phi) is 5.04. The first-order chi connectivity index (χ1) is 8.43. The normalized spacial score (nSPS) is 12.3. The number of amides is 1. The van der Waals surface area contributed by atoms with Gasteiger partial charge in [0.1, 0.15) is 0 Å². The average Bonchev–Trinajstić information content (AvgIpc) is 2.35. The molecule has 0 fully saturated rings. The standard InChI is InChI=1S/C14H19NO3/c1-9(2)13(17)8-15-14(18)12-7-5-4-6-11(12)10(3)16/h4-7,9,13,17H,8H2,1-3H3,(H,15,18). The average molecular weight is 249 g/mol. The molecule has 1 atom stereocenters. The van der Waals surface area contributed by atoms with Crippen molar-refractivity contribution in [3.05, 3.63) is 35.4 Å². The van der Waals surface area contributed by atoms with Crippen molar-refractivity contribution in [2.45, 2.75) is 26.9 Å². The van der Waals surface area contributed by atoms with Crippen LogP contribution in [0.15, 0.2) is 24.3 Å². The van der Waals surface area contributed by atoms with Gasteiger partial charge in [-0.05, 0) is 18.9 Å². The highest BCUT2D eigenvalue weighted by Gasteiger charge is 2.15. The predicted molar refractivity (Wildman–Crippen MR) is 69.6 cm³/mol. The number of benzene rings is 1. The van der Waals surface area contributed by atoms with Gasteiger partial charge in [0.2, 0.25) is 0 Å². The van der Waals surface area contributed by atoms with Crippen LogP contribution in [0.25, 0.3) is 0 Å². The zero-order valence-electron chi connectivity index (χ0n) is 10.9. The monoisotopic (exact) mass is 249 g/mol. The lowest BCUT2D eigenvalue weighted by atomic mass is 10.0. The van der Waals surface area contributed by atoms with Gasteiger partial charge in [0.15, 0.2) is 5.78 Å². The van der Waals surface area contributed by atoms with Crippen molar-refractivity contribution in [2.24, 2.45) is 5.92 Å². The van der Waals surface area contributed by atoms with Gasteiger partial charge in [0.05, 0.1) is 11.7 Å². The van der Waals surface area contributed by atoms with Crippen molar-refractivity contribution in [1.82, 2.24) is 5.32 Å². The van der Waals surface area contributed by atoms with Crippen LogP contribution in [0, 0.1) is 5.92 Å². The molecule has 4 heteroatoms. The van der Waals surface area contributed by atoms with E-state index in [1.165, 1.54) is 6.92 Å². The number of ketones is 1. The van der Waals surface area contributed by atoms with Crippen molar-refractivity contribution < 1.29 is 14.7 Å². The van der Waals surface area contributed by atoms with Crippen molar-refractivity contribution in [3.63, 3.8) is 0 Å². The summed E-state index contributed by atoms with van der Waals surface area (Å²) >= 11 is 0. The Balaban J connectivity index is 2.76. The molecule has 98 valence electrons. The lowest BCUT2D eigenvalue weighted by Gasteiger charge is -2.15. The van der Waals surface area contributed by atoms with Crippen molar-refractivity contribution in [3.8, 4) is 0 Å². The smallest absolute Gasteiger partial charge is 0.252 e. The summed E-state index contributed by atoms with van der Waals surface area (Å²) in [6, 6.07) is 6.65. The van der Waals surface area contributed by atoms with Crippen LogP contribution >= 0.6 is 0 Å². The fraction of sp³-hybridized carbons (Fsp3) is 0.429. The molecule has 1 amide bonds. The predicted octanol–water partition coefficient (Wildman–Crippen LogP) is 1.64. The molecule has 0 heterocycles. The maximum atomic E-state index is 11.9. The second-order valence-corrected chi connectivity index (χ2v) is 4.62. The lowest BCUT2D eigenvalue weighted by Crippen LogP contribution is -2.35. The Morgan fingerprint density at radius 1 is 1.22 bits per heavy atom. The number of carbonyl (C=O) groups is 2. The summed E-state index contributed by atoms with van der Waals surface area (Å²) in [6.45, 7) is 5.36. The van der Waals surface area contributed by atoms with Crippen molar-refractivity contribution in [2.75, 3.05) is 6.54 Å². The highest BCUT2D eigenvalue weighted by atomic mass is 16.3. The molecule has 0 radical (unpaired) electrons. The van der Waals surface area contributed by atoms with Gasteiger partial charge in [0, 0.05) is 12.1 Å². The van der Waals surface area contributed by atoms with Crippen LogP contribution in [0.1, 0.15) is 41.5 Å². The first kappa shape index (κ1) is 14.4. The maximum Gasteiger partial charge on any atom is 0.252 e. The van der Waals surface area contributed by atoms with E-state index < -0.39 is 6.10 Å². The van der Waals surface area contributed by atoms with Gasteiger partial charge in [-0.1, -0.05) is 32.0 Å². The van der Waals surface area contributed by atoms with Gasteiger partial charge in [-0.2, -0.15) is 0 Å². The van der Waals surface area contributed by atoms with E-state index >= 15 is 0 Å². The van der Waals surface area contributed by atoms with Gasteiger partial charge in [-0.25, -0.2) is 0 Å². The molecule has 4 nitrogen and oxygen atoms in total. The van der Waals surface area contributed by atoms with Crippen LogP contribution in [0.5, 0.6) is 0 Å². The van der Waals surface area contributed by atoms with Gasteiger partial charge in [-0.15, -0.1) is 0 Å². The van der Waals surface area contributed by atoms with E-state index in [-0.39, 0.29) is 24.2 Å². The summed E-state index contributed by atoms with van der Waals surface area (Å²) in [4.78, 5) is 23.3. The quantitative estimate of drug-likeness (QED) is 0.779. The molecule has 1 aromatic rings. The fourth-order valence-corrected chi connectivity index (χ4v) is 1.52. The summed E-state index contributed by atoms with van der Waals surface area (Å²) in [7, 11) is 0. The summed E-state index contributed by atoms with van der Waals surface area (Å²) in [5.41, 5.74) is 0.745. The van der Waals surface area contributed by atoms with E-state index in [0.29, 0.717) is 11.1 Å². The molecule has 1 aromatic carbocycles. The molecular formula is C14H19NO3. The van der Waals surface area contributed by atoms with Crippen molar-refractivity contribution >= 4 is 11.7 Å². The number of nitrogens with one attached hydrogen (secondary N) is 1. The first-order valence-corrected chi connectivity index (χ1v) is 5.99. The van der Waals surface area contributed by atoms with Gasteiger partial charge < -0.3 is 10.4 Å². The van der Waals surface area contributed by atoms with E-state index in [1.807, 2.05) is 13.8 Å². The zero-order valence-corrected chi connectivity index (χ0v) is 10.9. The third kappa shape index (κ3) is 3.67. The van der Waals surface area contributed by atoms with Crippen LogP contribution in [0.4, 0.5) is 0 Å². The molecular weight excluding hydrogens is 230 g/mol. The van der Waals surface area contributed by atoms with E-state index in [2.05, 4.69) is 5.32 Å². The largest absolute Gasteiger partial charge is 0.391 e. The van der Waals surface area contributed by atoms with E-state index in [4.69, 9.17) is 0 Å². The molecule has 0 saturated carbocycles. The third-order valence-corrected chi connectivity index (χ3v) is 2.79. The Morgan fingerprint density at radius 3 is 2.28 bits per heavy atom.